The van der Waals surface area contributed by atoms with Crippen molar-refractivity contribution in [3.63, 3.8) is 0 Å². The molecule has 0 spiro atoms. The van der Waals surface area contributed by atoms with Gasteiger partial charge >= 0.3 is 0 Å². The fraction of sp³-hybridized carbons (Fsp3) is 0. The minimum atomic E-state index is 0. The molecule has 0 saturated carbocycles. The van der Waals surface area contributed by atoms with E-state index in [4.69, 9.17) is 0 Å². The van der Waals surface area contributed by atoms with E-state index in [-0.39, 0.29) is 85.9 Å². The molecule has 0 atom stereocenters. The van der Waals surface area contributed by atoms with Crippen molar-refractivity contribution in [3.8, 4) is 0 Å². The Kier molecular flexibility index (Phi) is 128. The summed E-state index contributed by atoms with van der Waals surface area (Å²) in [7, 11) is 0. The normalized spacial score (nSPS) is 0. The van der Waals surface area contributed by atoms with Crippen molar-refractivity contribution in [2.45, 2.75) is 0 Å². The van der Waals surface area contributed by atoms with Gasteiger partial charge in [-0.1, -0.05) is 0 Å². The summed E-state index contributed by atoms with van der Waals surface area (Å²) in [6.07, 6.45) is 0. The van der Waals surface area contributed by atoms with E-state index in [1.165, 1.54) is 0 Å². The molecule has 0 amide bonds. The smallest absolute Gasteiger partial charge is 0 e. The fourth-order valence-electron chi connectivity index (χ4n) is 0. The van der Waals surface area contributed by atoms with Gasteiger partial charge in [-0.15, -0.1) is 0 Å². The molecular weight excluding hydrogens is 316 g/mol. The molecule has 0 unspecified atom stereocenters. The van der Waals surface area contributed by atoms with Gasteiger partial charge in [0.2, 0.25) is 0 Å². The number of hydrogen-bond acceptors (Lipinski definition) is 0. The Bertz CT molecular complexity index is 3.25. The zero-order valence-corrected chi connectivity index (χ0v) is 8.33. The molecule has 0 saturated heterocycles. The largest absolute Gasteiger partial charge is 0 e. The van der Waals surface area contributed by atoms with Crippen LogP contribution in [0.5, 0.6) is 0 Å². The van der Waals surface area contributed by atoms with Gasteiger partial charge in [0.05, 0.1) is 0 Å². The molecule has 0 bridgehead atoms. The van der Waals surface area contributed by atoms with Gasteiger partial charge in [0, 0.05) is 85.9 Å². The molecule has 0 aliphatic rings. The Labute approximate surface area is 84.4 Å². The van der Waals surface area contributed by atoms with Gasteiger partial charge in [0.15, 0.2) is 0 Å². The van der Waals surface area contributed by atoms with Crippen molar-refractivity contribution in [2.24, 2.45) is 0 Å². The first-order chi connectivity index (χ1) is 0. The third-order valence-electron chi connectivity index (χ3n) is 0. The van der Waals surface area contributed by atoms with Crippen LogP contribution in [0.1, 0.15) is 0 Å². The molecule has 0 aliphatic carbocycles. The topological polar surface area (TPSA) is 0 Å². The summed E-state index contributed by atoms with van der Waals surface area (Å²) in [5.74, 6) is 0. The van der Waals surface area contributed by atoms with Gasteiger partial charge in [0.1, 0.15) is 0 Å². The molecule has 4 heteroatoms. The van der Waals surface area contributed by atoms with Gasteiger partial charge in [-0.05, 0) is 0 Å². The molecule has 0 aromatic heterocycles. The minimum Gasteiger partial charge on any atom is 0 e. The maximum absolute atomic E-state index is 0. The standard InChI is InChI=1S/3Co.La. The Morgan fingerprint density at radius 3 is 0.500 bits per heavy atom. The second-order valence-electron chi connectivity index (χ2n) is 0. The molecule has 0 aromatic carbocycles. The van der Waals surface area contributed by atoms with Crippen molar-refractivity contribution >= 4 is 0 Å². The van der Waals surface area contributed by atoms with Crippen LogP contribution in [0, 0.1) is 35.6 Å². The summed E-state index contributed by atoms with van der Waals surface area (Å²) in [6.45, 7) is 0. The van der Waals surface area contributed by atoms with Crippen LogP contribution in [0.2, 0.25) is 0 Å². The molecule has 0 heterocycles. The quantitative estimate of drug-likeness (QED) is 0.590. The third-order valence-corrected chi connectivity index (χ3v) is 0. The summed E-state index contributed by atoms with van der Waals surface area (Å²) < 4.78 is 0. The van der Waals surface area contributed by atoms with Crippen LogP contribution in [-0.4, -0.2) is 0 Å². The maximum atomic E-state index is 0. The summed E-state index contributed by atoms with van der Waals surface area (Å²) >= 11 is 0. The maximum Gasteiger partial charge on any atom is 0 e. The average Bonchev–Trinajstić information content (AvgIpc) is 0. The zero-order chi connectivity index (χ0) is 0. The van der Waals surface area contributed by atoms with Crippen molar-refractivity contribution in [1.29, 1.82) is 0 Å². The van der Waals surface area contributed by atoms with Crippen molar-refractivity contribution in [2.75, 3.05) is 0 Å². The van der Waals surface area contributed by atoms with Crippen LogP contribution < -0.4 is 0 Å². The molecule has 0 aromatic rings. The van der Waals surface area contributed by atoms with Crippen LogP contribution >= 0.6 is 0 Å². The van der Waals surface area contributed by atoms with Crippen LogP contribution in [-0.2, 0) is 50.3 Å². The van der Waals surface area contributed by atoms with Gasteiger partial charge in [-0.25, -0.2) is 0 Å². The van der Waals surface area contributed by atoms with Crippen molar-refractivity contribution in [1.82, 2.24) is 0 Å². The average molecular weight is 316 g/mol. The van der Waals surface area contributed by atoms with Crippen LogP contribution in [0.3, 0.4) is 0 Å². The van der Waals surface area contributed by atoms with Crippen LogP contribution in [0.15, 0.2) is 0 Å². The number of rotatable bonds is 0. The monoisotopic (exact) mass is 316 g/mol. The Morgan fingerprint density at radius 1 is 0.500 bits per heavy atom. The summed E-state index contributed by atoms with van der Waals surface area (Å²) in [5.41, 5.74) is 0. The summed E-state index contributed by atoms with van der Waals surface area (Å²) in [5, 5.41) is 0. The van der Waals surface area contributed by atoms with E-state index >= 15 is 0 Å². The predicted octanol–water partition coefficient (Wildman–Crippen LogP) is -0.00750. The SMILES string of the molecule is [Co].[Co].[Co].[La]. The molecular formula is Co3La. The van der Waals surface area contributed by atoms with E-state index in [1.54, 1.807) is 0 Å². The van der Waals surface area contributed by atoms with Gasteiger partial charge in [-0.2, -0.15) is 0 Å². The van der Waals surface area contributed by atoms with Crippen LogP contribution in [0.4, 0.5) is 0 Å². The Hall–Kier alpha value is 2.71. The van der Waals surface area contributed by atoms with E-state index in [1.807, 2.05) is 0 Å². The first-order valence-electron chi connectivity index (χ1n) is 0. The Balaban J connectivity index is 0. The van der Waals surface area contributed by atoms with Gasteiger partial charge in [-0.3, -0.25) is 0 Å². The van der Waals surface area contributed by atoms with Crippen LogP contribution in [0.25, 0.3) is 0 Å². The second-order valence-corrected chi connectivity index (χ2v) is 0. The molecule has 30 valence electrons. The first-order valence-corrected chi connectivity index (χ1v) is 0. The molecule has 0 aliphatic heterocycles. The third kappa shape index (κ3) is 8.83. The van der Waals surface area contributed by atoms with E-state index in [0.717, 1.165) is 0 Å². The van der Waals surface area contributed by atoms with E-state index < -0.39 is 0 Å². The van der Waals surface area contributed by atoms with E-state index in [9.17, 15) is 0 Å². The molecule has 0 rings (SSSR count). The van der Waals surface area contributed by atoms with E-state index in [2.05, 4.69) is 0 Å². The molecule has 4 radical (unpaired) electrons. The molecule has 0 fully saturated rings. The summed E-state index contributed by atoms with van der Waals surface area (Å²) in [6, 6.07) is 0. The minimum absolute atomic E-state index is 0. The Morgan fingerprint density at radius 2 is 0.500 bits per heavy atom. The molecule has 4 heavy (non-hydrogen) atoms. The van der Waals surface area contributed by atoms with Crippen molar-refractivity contribution < 1.29 is 85.9 Å². The second kappa shape index (κ2) is 17.2. The van der Waals surface area contributed by atoms with Gasteiger partial charge < -0.3 is 0 Å². The van der Waals surface area contributed by atoms with E-state index in [0.29, 0.717) is 0 Å². The fourth-order valence-corrected chi connectivity index (χ4v) is 0. The molecule has 0 N–H and O–H groups in total. The summed E-state index contributed by atoms with van der Waals surface area (Å²) in [4.78, 5) is 0. The molecule has 0 nitrogen and oxygen atoms in total. The number of hydrogen-bond donors (Lipinski definition) is 0. The van der Waals surface area contributed by atoms with Crippen molar-refractivity contribution in [3.05, 3.63) is 0 Å². The first kappa shape index (κ1) is 29.8. The van der Waals surface area contributed by atoms with Gasteiger partial charge in [0.25, 0.3) is 0 Å². The predicted molar refractivity (Wildman–Crippen MR) is 0 cm³/mol. The zero-order valence-electron chi connectivity index (χ0n) is 1.58.